The molecular weight excluding hydrogens is 485 g/mol. The Morgan fingerprint density at radius 1 is 1.50 bits per heavy atom. The van der Waals surface area contributed by atoms with Crippen molar-refractivity contribution in [2.45, 2.75) is 26.4 Å². The van der Waals surface area contributed by atoms with Crippen LogP contribution in [0.25, 0.3) is 11.2 Å². The van der Waals surface area contributed by atoms with Gasteiger partial charge in [-0.3, -0.25) is 0 Å². The van der Waals surface area contributed by atoms with Crippen LogP contribution in [-0.2, 0) is 15.1 Å². The fourth-order valence-electron chi connectivity index (χ4n) is 2.26. The van der Waals surface area contributed by atoms with Crippen LogP contribution in [0.5, 0.6) is 0 Å². The molecule has 0 amide bonds. The second-order valence-electron chi connectivity index (χ2n) is 5.50. The predicted molar refractivity (Wildman–Crippen MR) is 92.0 cm³/mol. The molecule has 104 valence electrons. The van der Waals surface area contributed by atoms with Gasteiger partial charge in [0.1, 0.15) is 0 Å². The first-order valence-electron chi connectivity index (χ1n) is 6.05. The number of rotatable bonds is 4. The first-order valence-corrected chi connectivity index (χ1v) is 10.4. The van der Waals surface area contributed by atoms with Gasteiger partial charge in [0.25, 0.3) is 0 Å². The number of carbonyl (C=O) groups excluding carboxylic acids is 1. The zero-order valence-corrected chi connectivity index (χ0v) is 15.1. The number of nitrogens with one attached hydrogen (secondary N) is 2. The average molecular weight is 496 g/mol. The van der Waals surface area contributed by atoms with Crippen LogP contribution in [0, 0.1) is 0 Å². The number of hydrogen-bond acceptors (Lipinski definition) is 5. The fraction of sp³-hybridized carbons (Fsp3) is 0.417. The molecule has 2 aliphatic heterocycles. The van der Waals surface area contributed by atoms with Crippen LogP contribution in [-0.4, -0.2) is 20.8 Å². The van der Waals surface area contributed by atoms with Gasteiger partial charge < -0.3 is 0 Å². The monoisotopic (exact) mass is 496 g/mol. The molecule has 0 spiro atoms. The van der Waals surface area contributed by atoms with Gasteiger partial charge in [-0.2, -0.15) is 0 Å². The van der Waals surface area contributed by atoms with Gasteiger partial charge in [-0.05, 0) is 0 Å². The summed E-state index contributed by atoms with van der Waals surface area (Å²) in [5.74, 6) is -0.404. The van der Waals surface area contributed by atoms with E-state index in [4.69, 9.17) is 17.0 Å². The van der Waals surface area contributed by atoms with E-state index in [1.807, 2.05) is 54.6 Å². The molecule has 0 saturated carbocycles. The second-order valence-corrected chi connectivity index (χ2v) is 11.5. The molecule has 0 aliphatic carbocycles. The molecule has 5 nitrogen and oxygen atoms in total. The van der Waals surface area contributed by atoms with E-state index >= 15 is 0 Å². The van der Waals surface area contributed by atoms with Crippen molar-refractivity contribution in [3.05, 3.63) is 23.8 Å². The van der Waals surface area contributed by atoms with Gasteiger partial charge in [-0.25, -0.2) is 0 Å². The van der Waals surface area contributed by atoms with E-state index in [9.17, 15) is 4.79 Å². The van der Waals surface area contributed by atoms with Gasteiger partial charge in [0.15, 0.2) is 0 Å². The molecule has 20 heavy (non-hydrogen) atoms. The number of ether oxygens (including phenoxy) is 1. The van der Waals surface area contributed by atoms with E-state index in [0.717, 1.165) is 16.7 Å². The fourth-order valence-corrected chi connectivity index (χ4v) is 9.55. The number of furan rings is 2. The maximum absolute atomic E-state index is 12.4. The summed E-state index contributed by atoms with van der Waals surface area (Å²) in [5.41, 5.74) is 1.63. The van der Waals surface area contributed by atoms with E-state index in [1.54, 1.807) is 0 Å². The molecule has 0 aromatic carbocycles. The number of carbonyl (C=O) groups is 1. The van der Waals surface area contributed by atoms with Crippen LogP contribution in [0.2, 0.25) is 0 Å². The molecule has 2 aromatic heterocycles. The molecule has 1 unspecified atom stereocenters. The number of esters is 1. The quantitative estimate of drug-likeness (QED) is 0.129. The van der Waals surface area contributed by atoms with Gasteiger partial charge in [-0.15, -0.1) is 0 Å². The van der Waals surface area contributed by atoms with Gasteiger partial charge in [-0.1, -0.05) is 0 Å². The average Bonchev–Trinajstić information content (AvgIpc) is 3.10. The normalized spacial score (nSPS) is 24.2. The van der Waals surface area contributed by atoms with Gasteiger partial charge in [0, 0.05) is 0 Å². The number of halogens is 2. The van der Waals surface area contributed by atoms with Crippen molar-refractivity contribution >= 4 is 67.9 Å². The summed E-state index contributed by atoms with van der Waals surface area (Å²) in [6, 6.07) is 5.67. The van der Waals surface area contributed by atoms with Crippen LogP contribution in [0.4, 0.5) is 0 Å². The van der Waals surface area contributed by atoms with Gasteiger partial charge >= 0.3 is 139 Å². The Kier molecular flexibility index (Phi) is 2.59. The molecule has 2 fully saturated rings. The molecule has 2 aromatic rings. The summed E-state index contributed by atoms with van der Waals surface area (Å²) in [5, 5.41) is 0. The molecule has 1 atom stereocenters. The summed E-state index contributed by atoms with van der Waals surface area (Å²) in [6.07, 6.45) is 0. The van der Waals surface area contributed by atoms with Crippen molar-refractivity contribution in [2.24, 2.45) is 0 Å². The topological polar surface area (TPSA) is 83.3 Å². The number of benzene rings is 1. The Morgan fingerprint density at radius 2 is 2.15 bits per heavy atom. The Hall–Kier alpha value is -0.0651. The second kappa shape index (κ2) is 3.82. The van der Waals surface area contributed by atoms with E-state index < -0.39 is 35.3 Å². The van der Waals surface area contributed by atoms with Crippen LogP contribution in [0.1, 0.15) is 19.4 Å². The Bertz CT molecular complexity index is 708. The number of fused-ring (bicyclic) bond motifs is 3. The maximum atomic E-state index is 12.4. The Labute approximate surface area is 138 Å². The van der Waals surface area contributed by atoms with Crippen molar-refractivity contribution in [1.82, 2.24) is 7.06 Å². The summed E-state index contributed by atoms with van der Waals surface area (Å²) in [6.45, 7) is 3.70. The van der Waals surface area contributed by atoms with E-state index in [-0.39, 0.29) is 3.67 Å². The third-order valence-corrected chi connectivity index (χ3v) is 10.5. The van der Waals surface area contributed by atoms with Crippen molar-refractivity contribution in [1.29, 1.82) is 0 Å². The molecule has 2 bridgehead atoms. The molecule has 2 saturated heterocycles. The van der Waals surface area contributed by atoms with Crippen molar-refractivity contribution in [3.63, 3.8) is 0 Å². The molecule has 4 heterocycles. The minimum absolute atomic E-state index is 0.327. The molecule has 8 heteroatoms. The zero-order chi connectivity index (χ0) is 14.3. The van der Waals surface area contributed by atoms with Crippen molar-refractivity contribution < 1.29 is 13.9 Å². The van der Waals surface area contributed by atoms with E-state index in [2.05, 4.69) is 7.06 Å². The SMILES string of the molecule is [B]C(I)(C(=O)OC(C)(C)c1cc2ccc1o2)C12NI1N2. The Balaban J connectivity index is 1.58. The molecule has 2 aliphatic rings. The van der Waals surface area contributed by atoms with Gasteiger partial charge in [0.2, 0.25) is 0 Å². The van der Waals surface area contributed by atoms with Gasteiger partial charge in [0.05, 0.1) is 0 Å². The van der Waals surface area contributed by atoms with E-state index in [1.165, 1.54) is 0 Å². The van der Waals surface area contributed by atoms with Crippen molar-refractivity contribution in [2.75, 3.05) is 0 Å². The molecular formula is C12H11BI2N2O3. The molecule has 2 N–H and O–H groups in total. The summed E-state index contributed by atoms with van der Waals surface area (Å²) in [7, 11) is 6.17. The number of alkyl halides is 2. The van der Waals surface area contributed by atoms with Crippen LogP contribution < -0.4 is 7.06 Å². The first-order chi connectivity index (χ1) is 9.26. The number of hydrogen-bond donors (Lipinski definition) is 2. The molecule has 2 radical (unpaired) electrons. The standard InChI is InChI=1S/C12H11BI2N2O3/c1-10(2,7-5-6-3-4-8(7)19-6)20-9(18)11(13,14)12-15(16-12)17-12/h3-5,16-17H,1-2H3. The van der Waals surface area contributed by atoms with Crippen LogP contribution in [0.15, 0.2) is 22.6 Å². The van der Waals surface area contributed by atoms with Crippen molar-refractivity contribution in [3.8, 4) is 0 Å². The predicted octanol–water partition coefficient (Wildman–Crippen LogP) is 2.15. The third kappa shape index (κ3) is 1.70. The zero-order valence-electron chi connectivity index (χ0n) is 10.8. The Morgan fingerprint density at radius 3 is 2.60 bits per heavy atom. The van der Waals surface area contributed by atoms with Crippen LogP contribution in [0.3, 0.4) is 0 Å². The summed E-state index contributed by atoms with van der Waals surface area (Å²) in [4.78, 5) is 12.4. The third-order valence-electron chi connectivity index (χ3n) is 3.64. The van der Waals surface area contributed by atoms with Crippen LogP contribution >= 0.6 is 43.0 Å². The first kappa shape index (κ1) is 13.6. The van der Waals surface area contributed by atoms with E-state index in [0.29, 0.717) is 0 Å². The minimum atomic E-state index is -1.30. The summed E-state index contributed by atoms with van der Waals surface area (Å²) < 4.78 is 16.3. The summed E-state index contributed by atoms with van der Waals surface area (Å²) >= 11 is 0.678. The molecule has 4 rings (SSSR count).